The molecule has 0 amide bonds. The molecule has 1 aromatic carbocycles. The molecule has 0 fully saturated rings. The Kier molecular flexibility index (Phi) is 6.58. The second kappa shape index (κ2) is 6.55. The predicted molar refractivity (Wildman–Crippen MR) is 56.0 cm³/mol. The Morgan fingerprint density at radius 1 is 1.17 bits per heavy atom. The van der Waals surface area contributed by atoms with Crippen molar-refractivity contribution in [1.82, 2.24) is 5.32 Å². The van der Waals surface area contributed by atoms with E-state index in [1.165, 1.54) is 5.56 Å². The van der Waals surface area contributed by atoms with Crippen molar-refractivity contribution >= 4 is 35.6 Å². The molecular formula is C8H10Cl3N. The van der Waals surface area contributed by atoms with Crippen molar-refractivity contribution in [2.24, 2.45) is 0 Å². The van der Waals surface area contributed by atoms with E-state index in [1.807, 2.05) is 30.3 Å². The first-order chi connectivity index (χ1) is 5.29. The third kappa shape index (κ3) is 4.83. The molecule has 0 radical (unpaired) electrons. The van der Waals surface area contributed by atoms with Crippen LogP contribution in [0.25, 0.3) is 0 Å². The monoisotopic (exact) mass is 225 g/mol. The smallest absolute Gasteiger partial charge is 0.158 e. The van der Waals surface area contributed by atoms with Gasteiger partial charge < -0.3 is 0 Å². The molecule has 0 spiro atoms. The lowest BCUT2D eigenvalue weighted by atomic mass is 10.2. The molecule has 68 valence electrons. The summed E-state index contributed by atoms with van der Waals surface area (Å²) in [4.78, 5) is -0.491. The second-order valence-electron chi connectivity index (χ2n) is 2.17. The minimum Gasteiger partial charge on any atom is -0.285 e. The van der Waals surface area contributed by atoms with E-state index in [0.717, 1.165) is 0 Å². The lowest BCUT2D eigenvalue weighted by Gasteiger charge is -2.03. The second-order valence-corrected chi connectivity index (χ2v) is 3.26. The van der Waals surface area contributed by atoms with Gasteiger partial charge in [0.25, 0.3) is 0 Å². The molecule has 0 aliphatic rings. The van der Waals surface area contributed by atoms with Gasteiger partial charge in [0, 0.05) is 6.54 Å². The minimum absolute atomic E-state index is 0. The highest BCUT2D eigenvalue weighted by Crippen LogP contribution is 2.01. The van der Waals surface area contributed by atoms with Gasteiger partial charge in [-0.05, 0) is 5.56 Å². The molecule has 0 aliphatic heterocycles. The maximum Gasteiger partial charge on any atom is 0.158 e. The van der Waals surface area contributed by atoms with Crippen LogP contribution in [0.3, 0.4) is 0 Å². The fraction of sp³-hybridized carbons (Fsp3) is 0.250. The molecule has 12 heavy (non-hydrogen) atoms. The third-order valence-electron chi connectivity index (χ3n) is 1.30. The molecule has 0 saturated heterocycles. The van der Waals surface area contributed by atoms with Crippen LogP contribution < -0.4 is 5.32 Å². The van der Waals surface area contributed by atoms with Crippen LogP contribution in [0.5, 0.6) is 0 Å². The Hall–Kier alpha value is 0.0500. The van der Waals surface area contributed by atoms with Gasteiger partial charge in [0.1, 0.15) is 0 Å². The molecule has 0 unspecified atom stereocenters. The van der Waals surface area contributed by atoms with Gasteiger partial charge in [-0.3, -0.25) is 5.32 Å². The zero-order chi connectivity index (χ0) is 8.10. The molecule has 0 bridgehead atoms. The van der Waals surface area contributed by atoms with Gasteiger partial charge >= 0.3 is 0 Å². The van der Waals surface area contributed by atoms with Crippen molar-refractivity contribution in [3.05, 3.63) is 35.9 Å². The Morgan fingerprint density at radius 3 is 2.25 bits per heavy atom. The lowest BCUT2D eigenvalue weighted by Crippen LogP contribution is -2.17. The van der Waals surface area contributed by atoms with E-state index in [2.05, 4.69) is 5.32 Å². The van der Waals surface area contributed by atoms with Gasteiger partial charge in [0.05, 0.1) is 0 Å². The van der Waals surface area contributed by atoms with Crippen molar-refractivity contribution in [2.75, 3.05) is 0 Å². The van der Waals surface area contributed by atoms with Crippen LogP contribution >= 0.6 is 35.6 Å². The molecule has 4 heteroatoms. The fourth-order valence-corrected chi connectivity index (χ4v) is 0.945. The van der Waals surface area contributed by atoms with E-state index in [0.29, 0.717) is 6.54 Å². The number of nitrogens with one attached hydrogen (secondary N) is 1. The first-order valence-electron chi connectivity index (χ1n) is 3.34. The molecule has 0 aliphatic carbocycles. The van der Waals surface area contributed by atoms with Crippen molar-refractivity contribution in [1.29, 1.82) is 0 Å². The summed E-state index contributed by atoms with van der Waals surface area (Å²) in [6, 6.07) is 9.97. The van der Waals surface area contributed by atoms with Gasteiger partial charge in [-0.15, -0.1) is 12.4 Å². The number of alkyl halides is 2. The molecule has 0 heterocycles. The summed E-state index contributed by atoms with van der Waals surface area (Å²) >= 11 is 11.0. The van der Waals surface area contributed by atoms with E-state index >= 15 is 0 Å². The third-order valence-corrected chi connectivity index (χ3v) is 1.61. The Balaban J connectivity index is 0.00000121. The predicted octanol–water partition coefficient (Wildman–Crippen LogP) is 2.96. The minimum atomic E-state index is -0.491. The summed E-state index contributed by atoms with van der Waals surface area (Å²) in [5, 5.41) is 2.89. The van der Waals surface area contributed by atoms with Gasteiger partial charge in [0.2, 0.25) is 0 Å². The highest BCUT2D eigenvalue weighted by atomic mass is 35.5. The maximum absolute atomic E-state index is 5.48. The molecule has 1 rings (SSSR count). The van der Waals surface area contributed by atoms with Crippen LogP contribution in [0.15, 0.2) is 30.3 Å². The van der Waals surface area contributed by atoms with E-state index in [-0.39, 0.29) is 12.4 Å². The number of benzene rings is 1. The largest absolute Gasteiger partial charge is 0.285 e. The standard InChI is InChI=1S/C8H9Cl2N.ClH/c9-8(10)11-6-7-4-2-1-3-5-7;/h1-5,8,11H,6H2;1H. The molecular weight excluding hydrogens is 216 g/mol. The molecule has 1 aromatic rings. The van der Waals surface area contributed by atoms with Crippen molar-refractivity contribution in [3.63, 3.8) is 0 Å². The Labute approximate surface area is 88.5 Å². The van der Waals surface area contributed by atoms with Gasteiger partial charge in [0.15, 0.2) is 4.96 Å². The van der Waals surface area contributed by atoms with Crippen LogP contribution in [-0.2, 0) is 6.54 Å². The van der Waals surface area contributed by atoms with Crippen LogP contribution in [0, 0.1) is 0 Å². The van der Waals surface area contributed by atoms with Gasteiger partial charge in [-0.1, -0.05) is 53.5 Å². The van der Waals surface area contributed by atoms with E-state index in [1.54, 1.807) is 0 Å². The molecule has 1 N–H and O–H groups in total. The molecule has 0 saturated carbocycles. The van der Waals surface area contributed by atoms with Gasteiger partial charge in [-0.2, -0.15) is 0 Å². The fourth-order valence-electron chi connectivity index (χ4n) is 0.791. The first-order valence-corrected chi connectivity index (χ1v) is 4.22. The van der Waals surface area contributed by atoms with E-state index in [4.69, 9.17) is 23.2 Å². The molecule has 0 atom stereocenters. The van der Waals surface area contributed by atoms with Crippen LogP contribution in [0.1, 0.15) is 5.56 Å². The number of halogens is 3. The van der Waals surface area contributed by atoms with Crippen LogP contribution in [0.2, 0.25) is 0 Å². The number of hydrogen-bond donors (Lipinski definition) is 1. The van der Waals surface area contributed by atoms with E-state index in [9.17, 15) is 0 Å². The molecule has 0 aromatic heterocycles. The molecule has 1 nitrogen and oxygen atoms in total. The summed E-state index contributed by atoms with van der Waals surface area (Å²) < 4.78 is 0. The normalized spacial score (nSPS) is 9.58. The summed E-state index contributed by atoms with van der Waals surface area (Å²) in [7, 11) is 0. The summed E-state index contributed by atoms with van der Waals surface area (Å²) in [6.07, 6.45) is 0. The Morgan fingerprint density at radius 2 is 1.75 bits per heavy atom. The van der Waals surface area contributed by atoms with Crippen LogP contribution in [0.4, 0.5) is 0 Å². The highest BCUT2D eigenvalue weighted by Gasteiger charge is 1.95. The quantitative estimate of drug-likeness (QED) is 0.617. The SMILES string of the molecule is Cl.ClC(Cl)NCc1ccccc1. The maximum atomic E-state index is 5.48. The van der Waals surface area contributed by atoms with Crippen molar-refractivity contribution in [3.8, 4) is 0 Å². The lowest BCUT2D eigenvalue weighted by molar-refractivity contribution is 0.756. The van der Waals surface area contributed by atoms with Crippen molar-refractivity contribution in [2.45, 2.75) is 11.5 Å². The van der Waals surface area contributed by atoms with Gasteiger partial charge in [-0.25, -0.2) is 0 Å². The Bertz CT molecular complexity index is 201. The topological polar surface area (TPSA) is 12.0 Å². The zero-order valence-electron chi connectivity index (χ0n) is 6.34. The van der Waals surface area contributed by atoms with Crippen LogP contribution in [-0.4, -0.2) is 4.96 Å². The first kappa shape index (κ1) is 12.0. The zero-order valence-corrected chi connectivity index (χ0v) is 8.66. The average Bonchev–Trinajstić information content (AvgIpc) is 2.03. The number of rotatable bonds is 3. The van der Waals surface area contributed by atoms with E-state index < -0.39 is 4.96 Å². The summed E-state index contributed by atoms with van der Waals surface area (Å²) in [5.74, 6) is 0. The summed E-state index contributed by atoms with van der Waals surface area (Å²) in [6.45, 7) is 0.707. The number of hydrogen-bond acceptors (Lipinski definition) is 1. The summed E-state index contributed by atoms with van der Waals surface area (Å²) in [5.41, 5.74) is 1.18. The van der Waals surface area contributed by atoms with Crippen molar-refractivity contribution < 1.29 is 0 Å². The average molecular weight is 227 g/mol. The highest BCUT2D eigenvalue weighted by molar-refractivity contribution is 6.43.